The van der Waals surface area contributed by atoms with Crippen molar-refractivity contribution in [2.75, 3.05) is 19.0 Å². The largest absolute Gasteiger partial charge is 0.416 e. The van der Waals surface area contributed by atoms with E-state index in [2.05, 4.69) is 15.9 Å². The van der Waals surface area contributed by atoms with Crippen LogP contribution in [-0.4, -0.2) is 29.8 Å². The molecule has 0 bridgehead atoms. The molecular formula is C14H14BrClF3NO. The van der Waals surface area contributed by atoms with Gasteiger partial charge in [0.1, 0.15) is 0 Å². The molecule has 21 heavy (non-hydrogen) atoms. The van der Waals surface area contributed by atoms with Gasteiger partial charge in [0.25, 0.3) is 5.91 Å². The van der Waals surface area contributed by atoms with Crippen molar-refractivity contribution in [1.82, 2.24) is 4.90 Å². The summed E-state index contributed by atoms with van der Waals surface area (Å²) >= 11 is 8.84. The van der Waals surface area contributed by atoms with E-state index in [9.17, 15) is 18.0 Å². The highest BCUT2D eigenvalue weighted by atomic mass is 79.9. The van der Waals surface area contributed by atoms with E-state index in [4.69, 9.17) is 11.6 Å². The molecule has 1 amide bonds. The van der Waals surface area contributed by atoms with Crippen LogP contribution in [0.3, 0.4) is 0 Å². The Kier molecular flexibility index (Phi) is 5.20. The number of amides is 1. The molecule has 1 aromatic rings. The van der Waals surface area contributed by atoms with E-state index in [-0.39, 0.29) is 11.5 Å². The predicted molar refractivity (Wildman–Crippen MR) is 78.5 cm³/mol. The molecule has 0 aromatic heterocycles. The van der Waals surface area contributed by atoms with Crippen molar-refractivity contribution in [3.8, 4) is 0 Å². The number of alkyl halides is 4. The molecule has 2 nitrogen and oxygen atoms in total. The molecule has 1 saturated heterocycles. The summed E-state index contributed by atoms with van der Waals surface area (Å²) in [4.78, 5) is 14.0. The molecule has 0 spiro atoms. The molecule has 1 aliphatic rings. The van der Waals surface area contributed by atoms with E-state index < -0.39 is 11.7 Å². The van der Waals surface area contributed by atoms with Crippen molar-refractivity contribution in [3.05, 3.63) is 33.8 Å². The normalized spacial score (nSPS) is 19.1. The zero-order valence-electron chi connectivity index (χ0n) is 11.1. The number of carbonyl (C=O) groups is 1. The molecule has 116 valence electrons. The lowest BCUT2D eigenvalue weighted by Crippen LogP contribution is -2.29. The lowest BCUT2D eigenvalue weighted by atomic mass is 10.1. The van der Waals surface area contributed by atoms with E-state index in [0.717, 1.165) is 25.0 Å². The van der Waals surface area contributed by atoms with Gasteiger partial charge in [-0.25, -0.2) is 0 Å². The Morgan fingerprint density at radius 2 is 2.14 bits per heavy atom. The number of likely N-dealkylation sites (tertiary alicyclic amines) is 1. The minimum Gasteiger partial charge on any atom is -0.338 e. The number of nitrogens with zero attached hydrogens (tertiary/aromatic N) is 1. The molecule has 7 heteroatoms. The number of carbonyl (C=O) groups excluding carboxylic acids is 1. The lowest BCUT2D eigenvalue weighted by Gasteiger charge is -2.18. The number of hydrogen-bond acceptors (Lipinski definition) is 1. The topological polar surface area (TPSA) is 20.3 Å². The molecular weight excluding hydrogens is 371 g/mol. The first kappa shape index (κ1) is 16.6. The Balaban J connectivity index is 2.20. The van der Waals surface area contributed by atoms with Gasteiger partial charge in [-0.3, -0.25) is 4.79 Å². The number of benzene rings is 1. The maximum absolute atomic E-state index is 12.7. The minimum absolute atomic E-state index is 0.0522. The molecule has 0 aliphatic carbocycles. The number of rotatable bonds is 3. The van der Waals surface area contributed by atoms with Crippen LogP contribution in [0.25, 0.3) is 0 Å². The summed E-state index contributed by atoms with van der Waals surface area (Å²) in [5.41, 5.74) is -0.762. The van der Waals surface area contributed by atoms with Crippen LogP contribution in [0.5, 0.6) is 0 Å². The van der Waals surface area contributed by atoms with Crippen molar-refractivity contribution in [3.63, 3.8) is 0 Å². The molecule has 2 rings (SSSR count). The second-order valence-electron chi connectivity index (χ2n) is 5.08. The van der Waals surface area contributed by atoms with Crippen molar-refractivity contribution in [2.24, 2.45) is 5.92 Å². The van der Waals surface area contributed by atoms with E-state index in [0.29, 0.717) is 29.4 Å². The summed E-state index contributed by atoms with van der Waals surface area (Å²) in [5.74, 6) is 0.487. The van der Waals surface area contributed by atoms with E-state index >= 15 is 0 Å². The van der Waals surface area contributed by atoms with Gasteiger partial charge >= 0.3 is 6.18 Å². The van der Waals surface area contributed by atoms with Crippen molar-refractivity contribution in [2.45, 2.75) is 19.0 Å². The quantitative estimate of drug-likeness (QED) is 0.700. The fraction of sp³-hybridized carbons (Fsp3) is 0.500. The van der Waals surface area contributed by atoms with Crippen LogP contribution in [0.15, 0.2) is 22.7 Å². The fourth-order valence-electron chi connectivity index (χ4n) is 2.44. The summed E-state index contributed by atoms with van der Waals surface area (Å²) in [6, 6.07) is 3.13. The SMILES string of the molecule is O=C(c1cc(C(F)(F)F)ccc1Br)N1CCC(CCCl)C1. The molecule has 1 aromatic carbocycles. The van der Waals surface area contributed by atoms with Gasteiger partial charge in [0.15, 0.2) is 0 Å². The maximum Gasteiger partial charge on any atom is 0.416 e. The van der Waals surface area contributed by atoms with Gasteiger partial charge in [0.2, 0.25) is 0 Å². The van der Waals surface area contributed by atoms with E-state index in [1.165, 1.54) is 6.07 Å². The van der Waals surface area contributed by atoms with Crippen molar-refractivity contribution >= 4 is 33.4 Å². The summed E-state index contributed by atoms with van der Waals surface area (Å²) < 4.78 is 38.6. The second kappa shape index (κ2) is 6.57. The predicted octanol–water partition coefficient (Wildman–Crippen LogP) is 4.56. The van der Waals surface area contributed by atoms with Crippen LogP contribution < -0.4 is 0 Å². The molecule has 1 heterocycles. The van der Waals surface area contributed by atoms with Gasteiger partial charge < -0.3 is 4.90 Å². The third kappa shape index (κ3) is 3.92. The van der Waals surface area contributed by atoms with Crippen molar-refractivity contribution in [1.29, 1.82) is 0 Å². The molecule has 0 radical (unpaired) electrons. The summed E-state index contributed by atoms with van der Waals surface area (Å²) in [5, 5.41) is 0. The first-order valence-corrected chi connectivity index (χ1v) is 7.87. The van der Waals surface area contributed by atoms with Gasteiger partial charge in [-0.15, -0.1) is 11.6 Å². The van der Waals surface area contributed by atoms with Crippen LogP contribution >= 0.6 is 27.5 Å². The Bertz CT molecular complexity index is 535. The average molecular weight is 385 g/mol. The number of halogens is 5. The number of hydrogen-bond donors (Lipinski definition) is 0. The Morgan fingerprint density at radius 1 is 1.43 bits per heavy atom. The van der Waals surface area contributed by atoms with Crippen LogP contribution in [-0.2, 0) is 6.18 Å². The molecule has 0 saturated carbocycles. The third-order valence-corrected chi connectivity index (χ3v) is 4.52. The summed E-state index contributed by atoms with van der Waals surface area (Å²) in [6.45, 7) is 1.11. The Hall–Kier alpha value is -0.750. The van der Waals surface area contributed by atoms with Gasteiger partial charge in [-0.2, -0.15) is 13.2 Å². The monoisotopic (exact) mass is 383 g/mol. The van der Waals surface area contributed by atoms with Crippen LogP contribution in [0, 0.1) is 5.92 Å². The minimum atomic E-state index is -4.46. The molecule has 0 N–H and O–H groups in total. The highest BCUT2D eigenvalue weighted by molar-refractivity contribution is 9.10. The van der Waals surface area contributed by atoms with Gasteiger partial charge in [-0.05, 0) is 52.9 Å². The molecule has 1 atom stereocenters. The molecule has 1 fully saturated rings. The molecule has 1 aliphatic heterocycles. The zero-order chi connectivity index (χ0) is 15.6. The van der Waals surface area contributed by atoms with Crippen molar-refractivity contribution < 1.29 is 18.0 Å². The maximum atomic E-state index is 12.7. The Morgan fingerprint density at radius 3 is 2.76 bits per heavy atom. The highest BCUT2D eigenvalue weighted by Crippen LogP contribution is 2.33. The average Bonchev–Trinajstić information content (AvgIpc) is 2.86. The fourth-order valence-corrected chi connectivity index (χ4v) is 3.17. The zero-order valence-corrected chi connectivity index (χ0v) is 13.4. The van der Waals surface area contributed by atoms with Gasteiger partial charge in [-0.1, -0.05) is 0 Å². The lowest BCUT2D eigenvalue weighted by molar-refractivity contribution is -0.137. The second-order valence-corrected chi connectivity index (χ2v) is 6.31. The smallest absolute Gasteiger partial charge is 0.338 e. The summed E-state index contributed by atoms with van der Waals surface area (Å²) in [6.07, 6.45) is -2.80. The van der Waals surface area contributed by atoms with E-state index in [1.807, 2.05) is 0 Å². The Labute approximate surface area is 134 Å². The van der Waals surface area contributed by atoms with Gasteiger partial charge in [0, 0.05) is 23.4 Å². The highest BCUT2D eigenvalue weighted by Gasteiger charge is 2.33. The van der Waals surface area contributed by atoms with Crippen LogP contribution in [0.1, 0.15) is 28.8 Å². The first-order valence-electron chi connectivity index (χ1n) is 6.55. The standard InChI is InChI=1S/C14H14BrClF3NO/c15-12-2-1-10(14(17,18)19)7-11(12)13(21)20-6-4-9(8-20)3-5-16/h1-2,7,9H,3-6,8H2. The van der Waals surface area contributed by atoms with Crippen LogP contribution in [0.4, 0.5) is 13.2 Å². The third-order valence-electron chi connectivity index (χ3n) is 3.61. The first-order chi connectivity index (χ1) is 9.82. The summed E-state index contributed by atoms with van der Waals surface area (Å²) in [7, 11) is 0. The van der Waals surface area contributed by atoms with E-state index in [1.54, 1.807) is 4.90 Å². The van der Waals surface area contributed by atoms with Crippen LogP contribution in [0.2, 0.25) is 0 Å². The van der Waals surface area contributed by atoms with Gasteiger partial charge in [0.05, 0.1) is 11.1 Å². The molecule has 1 unspecified atom stereocenters.